The largest absolute Gasteiger partial charge is 0.338 e. The van der Waals surface area contributed by atoms with Crippen molar-refractivity contribution in [2.24, 2.45) is 11.3 Å². The highest BCUT2D eigenvalue weighted by Gasteiger charge is 2.31. The van der Waals surface area contributed by atoms with Crippen LogP contribution in [0.3, 0.4) is 0 Å². The van der Waals surface area contributed by atoms with Gasteiger partial charge >= 0.3 is 0 Å². The van der Waals surface area contributed by atoms with Crippen LogP contribution in [0.1, 0.15) is 64.1 Å². The van der Waals surface area contributed by atoms with E-state index in [1.54, 1.807) is 0 Å². The van der Waals surface area contributed by atoms with E-state index < -0.39 is 0 Å². The molecule has 0 N–H and O–H groups in total. The summed E-state index contributed by atoms with van der Waals surface area (Å²) in [7, 11) is 0. The molecule has 1 heterocycles. The molecule has 0 aliphatic heterocycles. The molecule has 3 nitrogen and oxygen atoms in total. The van der Waals surface area contributed by atoms with Crippen molar-refractivity contribution in [1.29, 1.82) is 0 Å². The zero-order chi connectivity index (χ0) is 12.5. The smallest absolute Gasteiger partial charge is 0.241 e. The molecule has 1 saturated carbocycles. The third-order valence-electron chi connectivity index (χ3n) is 3.92. The molecular weight excluding hydrogens is 236 g/mol. The molecule has 1 fully saturated rings. The second-order valence-corrected chi connectivity index (χ2v) is 6.36. The van der Waals surface area contributed by atoms with Gasteiger partial charge in [-0.15, -0.1) is 11.6 Å². The van der Waals surface area contributed by atoms with Crippen LogP contribution in [0.15, 0.2) is 4.52 Å². The van der Waals surface area contributed by atoms with Crippen LogP contribution < -0.4 is 0 Å². The number of rotatable bonds is 2. The number of alkyl halides is 1. The summed E-state index contributed by atoms with van der Waals surface area (Å²) in [5.41, 5.74) is 0.420. The Labute approximate surface area is 108 Å². The molecule has 0 amide bonds. The minimum Gasteiger partial charge on any atom is -0.338 e. The summed E-state index contributed by atoms with van der Waals surface area (Å²) in [6, 6.07) is 0. The number of hydrogen-bond donors (Lipinski definition) is 0. The first kappa shape index (κ1) is 12.9. The molecule has 96 valence electrons. The Hall–Kier alpha value is -0.570. The summed E-state index contributed by atoms with van der Waals surface area (Å²) in [6.07, 6.45) is 4.87. The maximum atomic E-state index is 5.67. The van der Waals surface area contributed by atoms with Gasteiger partial charge in [0.1, 0.15) is 5.88 Å². The zero-order valence-corrected chi connectivity index (χ0v) is 11.6. The summed E-state index contributed by atoms with van der Waals surface area (Å²) >= 11 is 5.67. The number of nitrogens with zero attached hydrogens (tertiary/aromatic N) is 2. The van der Waals surface area contributed by atoms with Crippen molar-refractivity contribution < 1.29 is 4.52 Å². The van der Waals surface area contributed by atoms with Crippen LogP contribution in [0.4, 0.5) is 0 Å². The fourth-order valence-electron chi connectivity index (χ4n) is 2.71. The van der Waals surface area contributed by atoms with Crippen molar-refractivity contribution in [2.45, 2.75) is 58.3 Å². The molecule has 17 heavy (non-hydrogen) atoms. The van der Waals surface area contributed by atoms with Crippen LogP contribution in [0.5, 0.6) is 0 Å². The molecule has 0 unspecified atom stereocenters. The highest BCUT2D eigenvalue weighted by atomic mass is 35.5. The average molecular weight is 257 g/mol. The van der Waals surface area contributed by atoms with Crippen molar-refractivity contribution in [1.82, 2.24) is 10.1 Å². The van der Waals surface area contributed by atoms with Gasteiger partial charge < -0.3 is 4.52 Å². The summed E-state index contributed by atoms with van der Waals surface area (Å²) in [5.74, 6) is 2.99. The fraction of sp³-hybridized carbons (Fsp3) is 0.846. The van der Waals surface area contributed by atoms with E-state index in [9.17, 15) is 0 Å². The molecule has 4 heteroatoms. The monoisotopic (exact) mass is 256 g/mol. The molecule has 0 atom stereocenters. The standard InChI is InChI=1S/C13H21ClN2O/c1-13(2,3)10-6-4-9(5-7-10)12-15-11(8-14)17-16-12/h9-10H,4-8H2,1-3H3. The SMILES string of the molecule is CC(C)(C)C1CCC(c2noc(CCl)n2)CC1. The lowest BCUT2D eigenvalue weighted by Crippen LogP contribution is -2.25. The van der Waals surface area contributed by atoms with Crippen LogP contribution in [0, 0.1) is 11.3 Å². The third-order valence-corrected chi connectivity index (χ3v) is 4.14. The molecule has 0 aromatic carbocycles. The summed E-state index contributed by atoms with van der Waals surface area (Å²) in [4.78, 5) is 4.33. The second-order valence-electron chi connectivity index (χ2n) is 6.09. The van der Waals surface area contributed by atoms with Crippen molar-refractivity contribution >= 4 is 11.6 Å². The highest BCUT2D eigenvalue weighted by Crippen LogP contribution is 2.42. The van der Waals surface area contributed by atoms with Gasteiger partial charge in [0.05, 0.1) is 0 Å². The van der Waals surface area contributed by atoms with Gasteiger partial charge in [0.2, 0.25) is 5.89 Å². The molecule has 0 spiro atoms. The zero-order valence-electron chi connectivity index (χ0n) is 10.9. The van der Waals surface area contributed by atoms with Gasteiger partial charge in [0.25, 0.3) is 0 Å². The van der Waals surface area contributed by atoms with E-state index in [2.05, 4.69) is 30.9 Å². The first-order valence-electron chi connectivity index (χ1n) is 6.39. The van der Waals surface area contributed by atoms with E-state index in [4.69, 9.17) is 16.1 Å². The molecule has 1 aromatic heterocycles. The lowest BCUT2D eigenvalue weighted by Gasteiger charge is -2.36. The predicted molar refractivity (Wildman–Crippen MR) is 68.0 cm³/mol. The first-order chi connectivity index (χ1) is 8.00. The maximum Gasteiger partial charge on any atom is 0.241 e. The van der Waals surface area contributed by atoms with Crippen molar-refractivity contribution in [3.63, 3.8) is 0 Å². The molecule has 0 bridgehead atoms. The van der Waals surface area contributed by atoms with Gasteiger partial charge in [-0.25, -0.2) is 0 Å². The van der Waals surface area contributed by atoms with Gasteiger partial charge in [-0.1, -0.05) is 25.9 Å². The maximum absolute atomic E-state index is 5.67. The first-order valence-corrected chi connectivity index (χ1v) is 6.92. The number of halogens is 1. The molecular formula is C13H21ClN2O. The number of aromatic nitrogens is 2. The van der Waals surface area contributed by atoms with Crippen molar-refractivity contribution in [3.05, 3.63) is 11.7 Å². The molecule has 2 rings (SSSR count). The number of hydrogen-bond acceptors (Lipinski definition) is 3. The minimum absolute atomic E-state index is 0.310. The Morgan fingerprint density at radius 3 is 2.35 bits per heavy atom. The predicted octanol–water partition coefficient (Wildman–Crippen LogP) is 4.13. The van der Waals surface area contributed by atoms with E-state index in [0.29, 0.717) is 23.1 Å². The molecule has 1 aromatic rings. The lowest BCUT2D eigenvalue weighted by atomic mass is 9.70. The Morgan fingerprint density at radius 1 is 1.24 bits per heavy atom. The van der Waals surface area contributed by atoms with E-state index in [-0.39, 0.29) is 0 Å². The van der Waals surface area contributed by atoms with Crippen LogP contribution >= 0.6 is 11.6 Å². The van der Waals surface area contributed by atoms with Gasteiger partial charge in [-0.2, -0.15) is 4.98 Å². The van der Waals surface area contributed by atoms with Gasteiger partial charge in [0.15, 0.2) is 5.82 Å². The highest BCUT2D eigenvalue weighted by molar-refractivity contribution is 6.16. The lowest BCUT2D eigenvalue weighted by molar-refractivity contribution is 0.166. The average Bonchev–Trinajstić information content (AvgIpc) is 2.76. The Balaban J connectivity index is 1.95. The van der Waals surface area contributed by atoms with Gasteiger partial charge in [-0.05, 0) is 37.0 Å². The summed E-state index contributed by atoms with van der Waals surface area (Å²) < 4.78 is 5.07. The quantitative estimate of drug-likeness (QED) is 0.747. The van der Waals surface area contributed by atoms with Crippen LogP contribution in [-0.4, -0.2) is 10.1 Å². The van der Waals surface area contributed by atoms with Gasteiger partial charge in [-0.3, -0.25) is 0 Å². The van der Waals surface area contributed by atoms with Gasteiger partial charge in [0, 0.05) is 5.92 Å². The Morgan fingerprint density at radius 2 is 1.88 bits per heavy atom. The fourth-order valence-corrected chi connectivity index (χ4v) is 2.81. The van der Waals surface area contributed by atoms with Crippen molar-refractivity contribution in [3.8, 4) is 0 Å². The van der Waals surface area contributed by atoms with Crippen molar-refractivity contribution in [2.75, 3.05) is 0 Å². The van der Waals surface area contributed by atoms with Crippen LogP contribution in [0.2, 0.25) is 0 Å². The van der Waals surface area contributed by atoms with E-state index >= 15 is 0 Å². The Kier molecular flexibility index (Phi) is 3.76. The van der Waals surface area contributed by atoms with Crippen LogP contribution in [0.25, 0.3) is 0 Å². The second kappa shape index (κ2) is 4.97. The summed E-state index contributed by atoms with van der Waals surface area (Å²) in [5, 5.41) is 4.03. The molecule has 0 radical (unpaired) electrons. The minimum atomic E-state index is 0.310. The normalized spacial score (nSPS) is 26.1. The van der Waals surface area contributed by atoms with E-state index in [0.717, 1.165) is 11.7 Å². The van der Waals surface area contributed by atoms with E-state index in [1.165, 1.54) is 25.7 Å². The third kappa shape index (κ3) is 3.01. The van der Waals surface area contributed by atoms with Crippen LogP contribution in [-0.2, 0) is 5.88 Å². The molecule has 1 aliphatic carbocycles. The Bertz CT molecular complexity index is 362. The molecule has 1 aliphatic rings. The summed E-state index contributed by atoms with van der Waals surface area (Å²) in [6.45, 7) is 6.99. The topological polar surface area (TPSA) is 38.9 Å². The molecule has 0 saturated heterocycles. The van der Waals surface area contributed by atoms with E-state index in [1.807, 2.05) is 0 Å².